The summed E-state index contributed by atoms with van der Waals surface area (Å²) in [5.41, 5.74) is 0. The van der Waals surface area contributed by atoms with Crippen LogP contribution in [0.4, 0.5) is 0 Å². The van der Waals surface area contributed by atoms with Crippen molar-refractivity contribution < 1.29 is 42.8 Å². The molecule has 0 radical (unpaired) electrons. The first-order chi connectivity index (χ1) is 22.1. The Bertz CT molecular complexity index is 965. The number of amides is 2. The molecule has 2 rings (SSSR count). The van der Waals surface area contributed by atoms with Crippen LogP contribution in [-0.2, 0) is 19.2 Å². The van der Waals surface area contributed by atoms with Gasteiger partial charge in [-0.05, 0) is 81.7 Å². The van der Waals surface area contributed by atoms with Gasteiger partial charge in [-0.1, -0.05) is 92.4 Å². The molecular weight excluding hydrogens is 723 g/mol. The average molecular weight is 780 g/mol. The van der Waals surface area contributed by atoms with E-state index in [1.807, 2.05) is 21.6 Å². The van der Waals surface area contributed by atoms with Gasteiger partial charge in [0.05, 0.1) is 6.04 Å². The molecule has 2 saturated heterocycles. The number of aliphatic hydroxyl groups excluding tert-OH is 1. The molecule has 2 atom stereocenters. The zero-order valence-electron chi connectivity index (χ0n) is 27.0. The highest BCUT2D eigenvalue weighted by molar-refractivity contribution is 9.14. The third-order valence-corrected chi connectivity index (χ3v) is 20.9. The van der Waals surface area contributed by atoms with Crippen LogP contribution in [-0.4, -0.2) is 70.6 Å². The zero-order valence-corrected chi connectivity index (χ0v) is 31.9. The number of unbranched alkanes of at least 4 members (excludes halogenated alkanes) is 12. The minimum Gasteiger partial charge on any atom is -0.511 e. The van der Waals surface area contributed by atoms with Crippen LogP contribution in [0.2, 0.25) is 0 Å². The van der Waals surface area contributed by atoms with Crippen LogP contribution in [0.5, 0.6) is 0 Å². The minimum atomic E-state index is -0.866. The van der Waals surface area contributed by atoms with Gasteiger partial charge in [0.25, 0.3) is 0 Å². The Balaban J connectivity index is 0. The normalized spacial score (nSPS) is 16.5. The molecule has 47 heavy (non-hydrogen) atoms. The maximum Gasteiger partial charge on any atom is 0.320 e. The average Bonchev–Trinajstić information content (AvgIpc) is 3.77. The number of aliphatic hydroxyl groups is 1. The maximum absolute atomic E-state index is 12.4. The van der Waals surface area contributed by atoms with Crippen molar-refractivity contribution >= 4 is 88.5 Å². The van der Waals surface area contributed by atoms with Gasteiger partial charge in [-0.2, -0.15) is 0 Å². The number of carbonyl (C=O) groups is 4. The molecule has 1 spiro atoms. The summed E-state index contributed by atoms with van der Waals surface area (Å²) in [6.07, 6.45) is 15.7. The number of hydrogen-bond acceptors (Lipinski definition) is 12. The van der Waals surface area contributed by atoms with Crippen molar-refractivity contribution in [2.24, 2.45) is 0 Å². The molecule has 0 aromatic heterocycles. The summed E-state index contributed by atoms with van der Waals surface area (Å²) in [4.78, 5) is 46.9. The van der Waals surface area contributed by atoms with E-state index in [1.54, 1.807) is 43.2 Å². The van der Waals surface area contributed by atoms with Crippen molar-refractivity contribution in [2.45, 2.75) is 142 Å². The van der Waals surface area contributed by atoms with Crippen LogP contribution in [0.3, 0.4) is 0 Å². The Morgan fingerprint density at radius 2 is 1.19 bits per heavy atom. The van der Waals surface area contributed by atoms with Crippen LogP contribution in [0.15, 0.2) is 12.3 Å². The molecular formula is C30H57N3O8S6. The molecule has 276 valence electrons. The van der Waals surface area contributed by atoms with Crippen molar-refractivity contribution in [3.05, 3.63) is 12.3 Å². The molecule has 2 fully saturated rings. The smallest absolute Gasteiger partial charge is 0.320 e. The van der Waals surface area contributed by atoms with Crippen molar-refractivity contribution in [2.75, 3.05) is 6.54 Å². The predicted molar refractivity (Wildman–Crippen MR) is 207 cm³/mol. The van der Waals surface area contributed by atoms with Crippen LogP contribution in [0.1, 0.15) is 125 Å². The first-order valence-corrected chi connectivity index (χ1v) is 22.9. The van der Waals surface area contributed by atoms with E-state index in [2.05, 4.69) is 22.5 Å². The van der Waals surface area contributed by atoms with Crippen LogP contribution in [0, 0.1) is 0 Å². The van der Waals surface area contributed by atoms with E-state index in [4.69, 9.17) is 5.11 Å². The topological polar surface area (TPSA) is 197 Å². The van der Waals surface area contributed by atoms with Crippen LogP contribution >= 0.6 is 64.8 Å². The van der Waals surface area contributed by atoms with Crippen LogP contribution in [0.25, 0.3) is 0 Å². The number of carbonyl (C=O) groups excluding carboxylic acids is 2. The summed E-state index contributed by atoms with van der Waals surface area (Å²) < 4.78 is 0.196. The third kappa shape index (κ3) is 22.0. The lowest BCUT2D eigenvalue weighted by Gasteiger charge is -2.27. The van der Waals surface area contributed by atoms with Crippen molar-refractivity contribution in [1.29, 1.82) is 0 Å². The Morgan fingerprint density at radius 1 is 0.660 bits per heavy atom. The largest absolute Gasteiger partial charge is 0.511 e. The molecule has 0 saturated carbocycles. The summed E-state index contributed by atoms with van der Waals surface area (Å²) in [5, 5.41) is 37.0. The number of carboxylic acid groups (broad SMARTS) is 2. The summed E-state index contributed by atoms with van der Waals surface area (Å²) in [5.74, 6) is -2.08. The zero-order chi connectivity index (χ0) is 33.6. The van der Waals surface area contributed by atoms with Gasteiger partial charge in [0.1, 0.15) is 16.5 Å². The van der Waals surface area contributed by atoms with Gasteiger partial charge in [-0.15, -0.1) is 0 Å². The summed E-state index contributed by atoms with van der Waals surface area (Å²) in [6, 6.07) is -1.30. The molecule has 17 heteroatoms. The van der Waals surface area contributed by atoms with Gasteiger partial charge in [0.2, 0.25) is 11.8 Å². The number of nitrogens with one attached hydrogen (secondary N) is 3. The van der Waals surface area contributed by atoms with E-state index in [0.717, 1.165) is 44.9 Å². The van der Waals surface area contributed by atoms with Crippen molar-refractivity contribution in [3.8, 4) is 0 Å². The first kappa shape index (κ1) is 44.5. The highest BCUT2D eigenvalue weighted by Crippen LogP contribution is 2.83. The van der Waals surface area contributed by atoms with Crippen molar-refractivity contribution in [3.63, 3.8) is 0 Å². The number of aliphatic carboxylic acids is 2. The summed E-state index contributed by atoms with van der Waals surface area (Å²) in [7, 11) is 10.6. The maximum atomic E-state index is 12.4. The molecule has 0 aromatic rings. The van der Waals surface area contributed by atoms with Gasteiger partial charge in [0, 0.05) is 28.7 Å². The SMILES string of the molecule is C=C(O)C(CCC(=O)NCCCC[C@H](NC1SSC2(SS1)SS2)C(=O)O)NC(=O)CCCCCCCCCCCCCCC(=O)O.O.[HH].[HH]. The fourth-order valence-corrected chi connectivity index (χ4v) is 17.8. The van der Waals surface area contributed by atoms with E-state index < -0.39 is 24.0 Å². The molecule has 2 aliphatic heterocycles. The molecule has 0 aromatic carbocycles. The Morgan fingerprint density at radius 3 is 1.68 bits per heavy atom. The Kier molecular flexibility index (Phi) is 24.9. The lowest BCUT2D eigenvalue weighted by Crippen LogP contribution is -2.41. The molecule has 0 bridgehead atoms. The lowest BCUT2D eigenvalue weighted by atomic mass is 10.0. The minimum absolute atomic E-state index is 0. The van der Waals surface area contributed by atoms with Crippen LogP contribution < -0.4 is 16.0 Å². The standard InChI is InChI=1S/C30H51N3O7S6.H2O.2H2/c1-22(34)23(32-26(36)17-12-10-8-6-4-2-3-5-7-9-11-13-18-27(37)38)19-20-25(35)31-21-15-14-16-24(28(39)40)33-29-41-43-30(44-42-29)45-46-30;;;/h23-24,29,33-34H,1-21H2,(H,31,35)(H,32,36)(H,37,38)(H,39,40);1H2;2*1H/t23?,24-;;;/m0.../s1. The highest BCUT2D eigenvalue weighted by atomic mass is 33.2. The van der Waals surface area contributed by atoms with Gasteiger partial charge in [-0.25, -0.2) is 0 Å². The van der Waals surface area contributed by atoms with E-state index in [0.29, 0.717) is 32.2 Å². The first-order valence-electron chi connectivity index (χ1n) is 16.3. The molecule has 2 heterocycles. The second-order valence-electron chi connectivity index (χ2n) is 11.5. The number of hydrogen-bond donors (Lipinski definition) is 6. The Hall–Kier alpha value is -0.560. The van der Waals surface area contributed by atoms with Gasteiger partial charge < -0.3 is 31.4 Å². The molecule has 11 nitrogen and oxygen atoms in total. The van der Waals surface area contributed by atoms with Gasteiger partial charge >= 0.3 is 11.9 Å². The molecule has 1 unspecified atom stereocenters. The van der Waals surface area contributed by atoms with E-state index in [-0.39, 0.29) is 52.6 Å². The monoisotopic (exact) mass is 779 g/mol. The second-order valence-corrected chi connectivity index (χ2v) is 21.0. The Labute approximate surface area is 306 Å². The molecule has 2 aliphatic rings. The fourth-order valence-electron chi connectivity index (χ4n) is 4.81. The summed E-state index contributed by atoms with van der Waals surface area (Å²) in [6.45, 7) is 4.00. The molecule has 8 N–H and O–H groups in total. The number of carboxylic acids is 2. The quantitative estimate of drug-likeness (QED) is 0.0194. The second kappa shape index (κ2) is 26.3. The van der Waals surface area contributed by atoms with Crippen molar-refractivity contribution in [1.82, 2.24) is 16.0 Å². The number of rotatable bonds is 28. The van der Waals surface area contributed by atoms with E-state index >= 15 is 0 Å². The molecule has 0 aliphatic carbocycles. The predicted octanol–water partition coefficient (Wildman–Crippen LogP) is 7.93. The molecule has 2 amide bonds. The van der Waals surface area contributed by atoms with E-state index in [1.165, 1.54) is 32.1 Å². The third-order valence-electron chi connectivity index (χ3n) is 7.51. The summed E-state index contributed by atoms with van der Waals surface area (Å²) >= 11 is 0. The van der Waals surface area contributed by atoms with E-state index in [9.17, 15) is 29.4 Å². The van der Waals surface area contributed by atoms with Gasteiger partial charge in [-0.3, -0.25) is 24.5 Å². The fraction of sp³-hybridized carbons (Fsp3) is 0.800. The lowest BCUT2D eigenvalue weighted by molar-refractivity contribution is -0.140. The van der Waals surface area contributed by atoms with Gasteiger partial charge in [0.15, 0.2) is 2.74 Å². The highest BCUT2D eigenvalue weighted by Gasteiger charge is 2.52.